The first kappa shape index (κ1) is 17.8. The molecule has 0 saturated carbocycles. The van der Waals surface area contributed by atoms with E-state index >= 15 is 0 Å². The third-order valence-electron chi connectivity index (χ3n) is 3.40. The standard InChI is InChI=1S/C18H19ClN2O3/c1-24-18(23)15-7-2-3-8-16(15)21-12-17(22)20-10-9-13-5-4-6-14(19)11-13/h2-8,11,21H,9-10,12H2,1H3,(H,20,22). The van der Waals surface area contributed by atoms with E-state index in [1.54, 1.807) is 24.3 Å². The van der Waals surface area contributed by atoms with Crippen molar-refractivity contribution in [2.24, 2.45) is 0 Å². The summed E-state index contributed by atoms with van der Waals surface area (Å²) >= 11 is 5.92. The van der Waals surface area contributed by atoms with Gasteiger partial charge in [-0.3, -0.25) is 4.79 Å². The highest BCUT2D eigenvalue weighted by Crippen LogP contribution is 2.15. The fraction of sp³-hybridized carbons (Fsp3) is 0.222. The molecule has 0 aromatic heterocycles. The lowest BCUT2D eigenvalue weighted by Gasteiger charge is -2.11. The van der Waals surface area contributed by atoms with Crippen LogP contribution >= 0.6 is 11.6 Å². The van der Waals surface area contributed by atoms with Crippen LogP contribution in [0, 0.1) is 0 Å². The molecule has 0 bridgehead atoms. The zero-order chi connectivity index (χ0) is 17.4. The largest absolute Gasteiger partial charge is 0.465 e. The Morgan fingerprint density at radius 1 is 1.12 bits per heavy atom. The fourth-order valence-corrected chi connectivity index (χ4v) is 2.41. The molecule has 5 nitrogen and oxygen atoms in total. The van der Waals surface area contributed by atoms with Crippen LogP contribution in [0.2, 0.25) is 5.02 Å². The Hall–Kier alpha value is -2.53. The Bertz CT molecular complexity index is 719. The minimum atomic E-state index is -0.445. The third-order valence-corrected chi connectivity index (χ3v) is 3.63. The number of methoxy groups -OCH3 is 1. The molecule has 0 atom stereocenters. The van der Waals surface area contributed by atoms with E-state index in [1.165, 1.54) is 7.11 Å². The van der Waals surface area contributed by atoms with E-state index in [1.807, 2.05) is 24.3 Å². The summed E-state index contributed by atoms with van der Waals surface area (Å²) in [7, 11) is 1.32. The van der Waals surface area contributed by atoms with Gasteiger partial charge in [-0.25, -0.2) is 4.79 Å². The van der Waals surface area contributed by atoms with Gasteiger partial charge in [0.2, 0.25) is 5.91 Å². The molecular weight excluding hydrogens is 328 g/mol. The molecule has 2 aromatic carbocycles. The average Bonchev–Trinajstić information content (AvgIpc) is 2.59. The van der Waals surface area contributed by atoms with Crippen LogP contribution in [-0.2, 0) is 16.0 Å². The minimum absolute atomic E-state index is 0.0730. The van der Waals surface area contributed by atoms with E-state index in [2.05, 4.69) is 10.6 Å². The summed E-state index contributed by atoms with van der Waals surface area (Å²) in [5.41, 5.74) is 2.02. The Morgan fingerprint density at radius 2 is 1.92 bits per heavy atom. The van der Waals surface area contributed by atoms with Crippen molar-refractivity contribution >= 4 is 29.2 Å². The highest BCUT2D eigenvalue weighted by Gasteiger charge is 2.11. The second-order valence-corrected chi connectivity index (χ2v) is 5.56. The molecule has 0 unspecified atom stereocenters. The highest BCUT2D eigenvalue weighted by atomic mass is 35.5. The summed E-state index contributed by atoms with van der Waals surface area (Å²) in [6.45, 7) is 0.586. The molecule has 0 aliphatic rings. The smallest absolute Gasteiger partial charge is 0.339 e. The van der Waals surface area contributed by atoms with Crippen molar-refractivity contribution in [1.82, 2.24) is 5.32 Å². The van der Waals surface area contributed by atoms with Gasteiger partial charge in [0.1, 0.15) is 0 Å². The number of amides is 1. The van der Waals surface area contributed by atoms with Crippen LogP contribution in [0.3, 0.4) is 0 Å². The summed E-state index contributed by atoms with van der Waals surface area (Å²) in [6.07, 6.45) is 0.699. The van der Waals surface area contributed by atoms with Gasteiger partial charge in [0.25, 0.3) is 0 Å². The molecule has 0 aliphatic heterocycles. The van der Waals surface area contributed by atoms with Crippen LogP contribution in [0.1, 0.15) is 15.9 Å². The monoisotopic (exact) mass is 346 g/mol. The number of hydrogen-bond donors (Lipinski definition) is 2. The number of benzene rings is 2. The molecule has 24 heavy (non-hydrogen) atoms. The van der Waals surface area contributed by atoms with Crippen molar-refractivity contribution in [1.29, 1.82) is 0 Å². The number of hydrogen-bond acceptors (Lipinski definition) is 4. The number of para-hydroxylation sites is 1. The van der Waals surface area contributed by atoms with E-state index in [9.17, 15) is 9.59 Å². The Kier molecular flexibility index (Phi) is 6.63. The van der Waals surface area contributed by atoms with E-state index in [0.717, 1.165) is 5.56 Å². The summed E-state index contributed by atoms with van der Waals surface area (Å²) in [5.74, 6) is -0.601. The Balaban J connectivity index is 1.80. The van der Waals surface area contributed by atoms with Crippen molar-refractivity contribution < 1.29 is 14.3 Å². The molecular formula is C18H19ClN2O3. The second kappa shape index (κ2) is 8.93. The van der Waals surface area contributed by atoms with Gasteiger partial charge in [-0.1, -0.05) is 35.9 Å². The molecule has 1 amide bonds. The maximum Gasteiger partial charge on any atom is 0.339 e. The van der Waals surface area contributed by atoms with Crippen LogP contribution in [0.4, 0.5) is 5.69 Å². The number of ether oxygens (including phenoxy) is 1. The van der Waals surface area contributed by atoms with Crippen molar-refractivity contribution in [2.75, 3.05) is 25.5 Å². The second-order valence-electron chi connectivity index (χ2n) is 5.12. The van der Waals surface area contributed by atoms with E-state index in [-0.39, 0.29) is 12.5 Å². The van der Waals surface area contributed by atoms with Crippen LogP contribution in [0.15, 0.2) is 48.5 Å². The molecule has 0 aliphatic carbocycles. The molecule has 2 aromatic rings. The molecule has 2 N–H and O–H groups in total. The van der Waals surface area contributed by atoms with Crippen molar-refractivity contribution in [3.05, 3.63) is 64.7 Å². The Labute approximate surface area is 146 Å². The normalized spacial score (nSPS) is 10.1. The van der Waals surface area contributed by atoms with Crippen LogP contribution in [0.5, 0.6) is 0 Å². The Morgan fingerprint density at radius 3 is 2.67 bits per heavy atom. The average molecular weight is 347 g/mol. The summed E-state index contributed by atoms with van der Waals surface area (Å²) < 4.78 is 4.72. The molecule has 2 rings (SSSR count). The fourth-order valence-electron chi connectivity index (χ4n) is 2.20. The van der Waals surface area contributed by atoms with E-state index < -0.39 is 5.97 Å². The number of halogens is 1. The van der Waals surface area contributed by atoms with Crippen molar-refractivity contribution in [3.63, 3.8) is 0 Å². The zero-order valence-corrected chi connectivity index (χ0v) is 14.1. The first-order valence-electron chi connectivity index (χ1n) is 7.52. The number of esters is 1. The van der Waals surface area contributed by atoms with E-state index in [0.29, 0.717) is 29.2 Å². The molecule has 126 valence electrons. The summed E-state index contributed by atoms with van der Waals surface area (Å²) in [5, 5.41) is 6.46. The van der Waals surface area contributed by atoms with Gasteiger partial charge in [-0.2, -0.15) is 0 Å². The van der Waals surface area contributed by atoms with E-state index in [4.69, 9.17) is 16.3 Å². The van der Waals surface area contributed by atoms with Crippen LogP contribution in [0.25, 0.3) is 0 Å². The van der Waals surface area contributed by atoms with Gasteiger partial charge in [0.05, 0.1) is 19.2 Å². The van der Waals surface area contributed by atoms with Gasteiger partial charge in [-0.05, 0) is 36.2 Å². The lowest BCUT2D eigenvalue weighted by molar-refractivity contribution is -0.119. The van der Waals surface area contributed by atoms with Crippen molar-refractivity contribution in [2.45, 2.75) is 6.42 Å². The summed E-state index contributed by atoms with van der Waals surface area (Å²) in [6, 6.07) is 14.4. The minimum Gasteiger partial charge on any atom is -0.465 e. The summed E-state index contributed by atoms with van der Waals surface area (Å²) in [4.78, 5) is 23.6. The quantitative estimate of drug-likeness (QED) is 0.756. The van der Waals surface area contributed by atoms with Gasteiger partial charge in [-0.15, -0.1) is 0 Å². The first-order chi connectivity index (χ1) is 11.6. The van der Waals surface area contributed by atoms with Crippen molar-refractivity contribution in [3.8, 4) is 0 Å². The number of nitrogens with one attached hydrogen (secondary N) is 2. The molecule has 0 spiro atoms. The van der Waals surface area contributed by atoms with Gasteiger partial charge < -0.3 is 15.4 Å². The number of carbonyl (C=O) groups is 2. The number of carbonyl (C=O) groups excluding carboxylic acids is 2. The van der Waals surface area contributed by atoms with Crippen LogP contribution < -0.4 is 10.6 Å². The first-order valence-corrected chi connectivity index (χ1v) is 7.90. The topological polar surface area (TPSA) is 67.4 Å². The number of anilines is 1. The zero-order valence-electron chi connectivity index (χ0n) is 13.3. The van der Waals surface area contributed by atoms with Gasteiger partial charge >= 0.3 is 5.97 Å². The molecule has 0 saturated heterocycles. The maximum absolute atomic E-state index is 11.9. The molecule has 0 radical (unpaired) electrons. The molecule has 6 heteroatoms. The molecule has 0 heterocycles. The maximum atomic E-state index is 11.9. The lowest BCUT2D eigenvalue weighted by Crippen LogP contribution is -2.31. The molecule has 0 fully saturated rings. The third kappa shape index (κ3) is 5.28. The van der Waals surface area contributed by atoms with Crippen LogP contribution in [-0.4, -0.2) is 32.1 Å². The predicted molar refractivity (Wildman–Crippen MR) is 94.4 cm³/mol. The van der Waals surface area contributed by atoms with Gasteiger partial charge in [0.15, 0.2) is 0 Å². The predicted octanol–water partition coefficient (Wildman–Crippen LogP) is 2.90. The SMILES string of the molecule is COC(=O)c1ccccc1NCC(=O)NCCc1cccc(Cl)c1. The van der Waals surface area contributed by atoms with Gasteiger partial charge in [0, 0.05) is 17.3 Å². The number of rotatable bonds is 7. The lowest BCUT2D eigenvalue weighted by atomic mass is 10.1. The highest BCUT2D eigenvalue weighted by molar-refractivity contribution is 6.30.